The van der Waals surface area contributed by atoms with Gasteiger partial charge in [0.15, 0.2) is 0 Å². The SMILES string of the molecule is Cc1cc([N+](=O)[O-])cc([N+](=O)[O-])c1OC(=O)c1csnc1C. The van der Waals surface area contributed by atoms with Gasteiger partial charge in [0.1, 0.15) is 0 Å². The molecule has 0 fully saturated rings. The number of rotatable bonds is 4. The summed E-state index contributed by atoms with van der Waals surface area (Å²) >= 11 is 1.05. The summed E-state index contributed by atoms with van der Waals surface area (Å²) in [7, 11) is 0. The molecule has 0 N–H and O–H groups in total. The summed E-state index contributed by atoms with van der Waals surface area (Å²) in [5, 5.41) is 23.3. The number of aryl methyl sites for hydroxylation is 2. The van der Waals surface area contributed by atoms with Gasteiger partial charge in [0.2, 0.25) is 5.75 Å². The van der Waals surface area contributed by atoms with Crippen LogP contribution in [0, 0.1) is 34.1 Å². The first-order valence-electron chi connectivity index (χ1n) is 5.88. The third-order valence-electron chi connectivity index (χ3n) is 2.81. The van der Waals surface area contributed by atoms with Crippen molar-refractivity contribution >= 4 is 28.9 Å². The van der Waals surface area contributed by atoms with E-state index in [1.807, 2.05) is 0 Å². The van der Waals surface area contributed by atoms with Crippen LogP contribution in [0.25, 0.3) is 0 Å². The van der Waals surface area contributed by atoms with Crippen molar-refractivity contribution in [2.45, 2.75) is 13.8 Å². The molecular weight excluding hydrogens is 314 g/mol. The maximum absolute atomic E-state index is 12.0. The Bertz CT molecular complexity index is 785. The van der Waals surface area contributed by atoms with Crippen molar-refractivity contribution in [3.63, 3.8) is 0 Å². The number of ether oxygens (including phenoxy) is 1. The number of esters is 1. The van der Waals surface area contributed by atoms with Gasteiger partial charge in [0.25, 0.3) is 5.69 Å². The fourth-order valence-corrected chi connectivity index (χ4v) is 2.43. The van der Waals surface area contributed by atoms with Crippen LogP contribution in [0.3, 0.4) is 0 Å². The van der Waals surface area contributed by atoms with E-state index in [1.54, 1.807) is 6.92 Å². The van der Waals surface area contributed by atoms with Crippen LogP contribution in [-0.4, -0.2) is 20.2 Å². The lowest BCUT2D eigenvalue weighted by atomic mass is 10.1. The quantitative estimate of drug-likeness (QED) is 0.366. The van der Waals surface area contributed by atoms with Crippen molar-refractivity contribution in [3.8, 4) is 5.75 Å². The summed E-state index contributed by atoms with van der Waals surface area (Å²) in [4.78, 5) is 32.3. The Morgan fingerprint density at radius 3 is 2.41 bits per heavy atom. The molecule has 9 nitrogen and oxygen atoms in total. The predicted molar refractivity (Wildman–Crippen MR) is 76.3 cm³/mol. The topological polar surface area (TPSA) is 125 Å². The van der Waals surface area contributed by atoms with Gasteiger partial charge in [-0.25, -0.2) is 4.79 Å². The van der Waals surface area contributed by atoms with Crippen LogP contribution in [0.4, 0.5) is 11.4 Å². The number of benzene rings is 1. The van der Waals surface area contributed by atoms with E-state index in [-0.39, 0.29) is 16.9 Å². The number of nitrogens with zero attached hydrogens (tertiary/aromatic N) is 3. The molecule has 0 saturated heterocycles. The van der Waals surface area contributed by atoms with Crippen molar-refractivity contribution in [1.29, 1.82) is 0 Å². The molecule has 0 amide bonds. The summed E-state index contributed by atoms with van der Waals surface area (Å²) in [5.41, 5.74) is -0.331. The fraction of sp³-hybridized carbons (Fsp3) is 0.167. The van der Waals surface area contributed by atoms with Crippen LogP contribution < -0.4 is 4.74 Å². The zero-order valence-electron chi connectivity index (χ0n) is 11.4. The Balaban J connectivity index is 2.46. The maximum Gasteiger partial charge on any atom is 0.346 e. The minimum atomic E-state index is -0.832. The van der Waals surface area contributed by atoms with Gasteiger partial charge in [-0.05, 0) is 25.4 Å². The molecule has 0 unspecified atom stereocenters. The average molecular weight is 323 g/mol. The van der Waals surface area contributed by atoms with Crippen molar-refractivity contribution < 1.29 is 19.4 Å². The zero-order valence-corrected chi connectivity index (χ0v) is 12.2. The van der Waals surface area contributed by atoms with E-state index in [0.29, 0.717) is 5.69 Å². The van der Waals surface area contributed by atoms with Crippen molar-refractivity contribution in [3.05, 3.63) is 54.6 Å². The summed E-state index contributed by atoms with van der Waals surface area (Å²) in [5.74, 6) is -1.11. The molecule has 0 aliphatic heterocycles. The lowest BCUT2D eigenvalue weighted by Gasteiger charge is -2.07. The Morgan fingerprint density at radius 2 is 1.91 bits per heavy atom. The number of carbonyl (C=O) groups excluding carboxylic acids is 1. The highest BCUT2D eigenvalue weighted by atomic mass is 32.1. The monoisotopic (exact) mass is 323 g/mol. The Hall–Kier alpha value is -2.88. The highest BCUT2D eigenvalue weighted by molar-refractivity contribution is 7.03. The first kappa shape index (κ1) is 15.5. The number of aromatic nitrogens is 1. The molecule has 0 aliphatic carbocycles. The normalized spacial score (nSPS) is 10.3. The van der Waals surface area contributed by atoms with Crippen LogP contribution in [0.1, 0.15) is 21.6 Å². The van der Waals surface area contributed by atoms with Gasteiger partial charge in [0, 0.05) is 17.0 Å². The molecule has 2 rings (SSSR count). The number of nitro benzene ring substituents is 2. The van der Waals surface area contributed by atoms with Gasteiger partial charge in [-0.2, -0.15) is 4.37 Å². The van der Waals surface area contributed by atoms with Crippen LogP contribution in [0.2, 0.25) is 0 Å². The second kappa shape index (κ2) is 5.85. The molecule has 1 aromatic carbocycles. The van der Waals surface area contributed by atoms with E-state index < -0.39 is 27.2 Å². The molecule has 2 aromatic rings. The minimum Gasteiger partial charge on any atom is -0.415 e. The Kier molecular flexibility index (Phi) is 4.13. The van der Waals surface area contributed by atoms with E-state index in [9.17, 15) is 25.0 Å². The van der Waals surface area contributed by atoms with Gasteiger partial charge in [-0.15, -0.1) is 0 Å². The van der Waals surface area contributed by atoms with Crippen LogP contribution in [-0.2, 0) is 0 Å². The van der Waals surface area contributed by atoms with E-state index in [0.717, 1.165) is 23.7 Å². The van der Waals surface area contributed by atoms with E-state index in [2.05, 4.69) is 4.37 Å². The molecule has 0 atom stereocenters. The van der Waals surface area contributed by atoms with Gasteiger partial charge in [-0.3, -0.25) is 20.2 Å². The molecule has 22 heavy (non-hydrogen) atoms. The lowest BCUT2D eigenvalue weighted by molar-refractivity contribution is -0.394. The van der Waals surface area contributed by atoms with E-state index in [4.69, 9.17) is 4.74 Å². The third kappa shape index (κ3) is 2.91. The van der Waals surface area contributed by atoms with Crippen molar-refractivity contribution in [2.24, 2.45) is 0 Å². The molecule has 0 saturated carbocycles. The second-order valence-corrected chi connectivity index (χ2v) is 4.96. The molecular formula is C12H9N3O6S. The number of hydrogen-bond acceptors (Lipinski definition) is 8. The minimum absolute atomic E-state index is 0.120. The van der Waals surface area contributed by atoms with Gasteiger partial charge in [-0.1, -0.05) is 0 Å². The summed E-state index contributed by atoms with van der Waals surface area (Å²) < 4.78 is 8.98. The van der Waals surface area contributed by atoms with Crippen LogP contribution in [0.15, 0.2) is 17.5 Å². The van der Waals surface area contributed by atoms with E-state index in [1.165, 1.54) is 12.3 Å². The van der Waals surface area contributed by atoms with Crippen molar-refractivity contribution in [2.75, 3.05) is 0 Å². The Morgan fingerprint density at radius 1 is 1.23 bits per heavy atom. The highest BCUT2D eigenvalue weighted by Gasteiger charge is 2.26. The molecule has 0 radical (unpaired) electrons. The molecule has 0 aliphatic rings. The summed E-state index contributed by atoms with van der Waals surface area (Å²) in [6.07, 6.45) is 0. The fourth-order valence-electron chi connectivity index (χ4n) is 1.75. The number of nitro groups is 2. The zero-order chi connectivity index (χ0) is 16.4. The summed E-state index contributed by atoms with van der Waals surface area (Å²) in [6.45, 7) is 2.99. The number of non-ortho nitro benzene ring substituents is 1. The maximum atomic E-state index is 12.0. The lowest BCUT2D eigenvalue weighted by Crippen LogP contribution is -2.11. The van der Waals surface area contributed by atoms with Gasteiger partial charge >= 0.3 is 11.7 Å². The molecule has 0 bridgehead atoms. The smallest absolute Gasteiger partial charge is 0.346 e. The molecule has 0 spiro atoms. The first-order valence-corrected chi connectivity index (χ1v) is 6.71. The molecule has 1 aromatic heterocycles. The molecule has 1 heterocycles. The Labute approximate surface area is 127 Å². The standard InChI is InChI=1S/C12H9N3O6S/c1-6-3-8(14(17)18)4-10(15(19)20)11(6)21-12(16)9-5-22-13-7(9)2/h3-5H,1-2H3. The predicted octanol–water partition coefficient (Wildman–Crippen LogP) is 2.80. The molecule has 10 heteroatoms. The van der Waals surface area contributed by atoms with Gasteiger partial charge in [0.05, 0.1) is 27.2 Å². The first-order chi connectivity index (χ1) is 10.3. The number of carbonyl (C=O) groups is 1. The number of hydrogen-bond donors (Lipinski definition) is 0. The summed E-state index contributed by atoms with van der Waals surface area (Å²) in [6, 6.07) is 1.86. The third-order valence-corrected chi connectivity index (χ3v) is 3.53. The highest BCUT2D eigenvalue weighted by Crippen LogP contribution is 2.35. The largest absolute Gasteiger partial charge is 0.415 e. The van der Waals surface area contributed by atoms with Crippen molar-refractivity contribution in [1.82, 2.24) is 4.37 Å². The van der Waals surface area contributed by atoms with Crippen LogP contribution >= 0.6 is 11.5 Å². The second-order valence-electron chi connectivity index (χ2n) is 4.33. The van der Waals surface area contributed by atoms with Crippen LogP contribution in [0.5, 0.6) is 5.75 Å². The molecule has 114 valence electrons. The van der Waals surface area contributed by atoms with Gasteiger partial charge < -0.3 is 4.74 Å². The van der Waals surface area contributed by atoms with E-state index >= 15 is 0 Å². The average Bonchev–Trinajstić information content (AvgIpc) is 2.86.